The van der Waals surface area contributed by atoms with Crippen molar-refractivity contribution in [1.29, 1.82) is 0 Å². The van der Waals surface area contributed by atoms with Crippen LogP contribution in [0.3, 0.4) is 0 Å². The monoisotopic (exact) mass is 287 g/mol. The van der Waals surface area contributed by atoms with Gasteiger partial charge in [-0.25, -0.2) is 0 Å². The molecule has 16 heavy (non-hydrogen) atoms. The van der Waals surface area contributed by atoms with Gasteiger partial charge in [-0.05, 0) is 32.8 Å². The molecule has 1 rings (SSSR count). The number of hydrogen-bond donors (Lipinski definition) is 1. The normalized spacial score (nSPS) is 14.5. The van der Waals surface area contributed by atoms with Crippen LogP contribution in [0.1, 0.15) is 42.8 Å². The van der Waals surface area contributed by atoms with Crippen LogP contribution in [0.25, 0.3) is 0 Å². The number of carbonyl (C=O) groups excluding carboxylic acids is 1. The van der Waals surface area contributed by atoms with Gasteiger partial charge >= 0.3 is 0 Å². The summed E-state index contributed by atoms with van der Waals surface area (Å²) in [4.78, 5) is 12.0. The average molecular weight is 288 g/mol. The van der Waals surface area contributed by atoms with Crippen molar-refractivity contribution in [3.63, 3.8) is 0 Å². The number of alkyl halides is 1. The lowest BCUT2D eigenvalue weighted by molar-refractivity contribution is 0.0872. The predicted molar refractivity (Wildman–Crippen MR) is 68.0 cm³/mol. The Balaban J connectivity index is 2.73. The molecule has 0 spiro atoms. The molecule has 4 heteroatoms. The van der Waals surface area contributed by atoms with Crippen LogP contribution in [0.4, 0.5) is 0 Å². The summed E-state index contributed by atoms with van der Waals surface area (Å²) in [5.74, 6) is 0.280. The molecule has 0 bridgehead atoms. The lowest BCUT2D eigenvalue weighted by Gasteiger charge is -2.28. The second kappa shape index (κ2) is 5.53. The van der Waals surface area contributed by atoms with Crippen LogP contribution in [-0.2, 0) is 0 Å². The first kappa shape index (κ1) is 13.3. The number of aryl methyl sites for hydroxylation is 1. The zero-order valence-corrected chi connectivity index (χ0v) is 11.6. The van der Waals surface area contributed by atoms with Crippen molar-refractivity contribution in [3.8, 4) is 0 Å². The Morgan fingerprint density at radius 2 is 2.31 bits per heavy atom. The van der Waals surface area contributed by atoms with Gasteiger partial charge in [0.25, 0.3) is 5.91 Å². The van der Waals surface area contributed by atoms with E-state index in [1.165, 1.54) is 6.26 Å². The van der Waals surface area contributed by atoms with Crippen molar-refractivity contribution in [2.45, 2.75) is 39.2 Å². The van der Waals surface area contributed by atoms with Crippen LogP contribution in [0, 0.1) is 6.92 Å². The molecule has 1 aromatic rings. The van der Waals surface area contributed by atoms with Gasteiger partial charge in [0.15, 0.2) is 5.76 Å². The van der Waals surface area contributed by atoms with Crippen LogP contribution in [0.15, 0.2) is 16.7 Å². The van der Waals surface area contributed by atoms with Crippen LogP contribution in [-0.4, -0.2) is 16.8 Å². The first-order valence-corrected chi connectivity index (χ1v) is 6.57. The van der Waals surface area contributed by atoms with Crippen LogP contribution in [0.5, 0.6) is 0 Å². The molecule has 0 saturated carbocycles. The summed E-state index contributed by atoms with van der Waals surface area (Å²) in [6, 6.07) is 1.79. The summed E-state index contributed by atoms with van der Waals surface area (Å²) in [5, 5.41) is 3.89. The van der Waals surface area contributed by atoms with Gasteiger partial charge in [-0.15, -0.1) is 0 Å². The fourth-order valence-corrected chi connectivity index (χ4v) is 2.35. The van der Waals surface area contributed by atoms with Gasteiger partial charge in [-0.2, -0.15) is 0 Å². The molecule has 0 radical (unpaired) electrons. The molecule has 0 aliphatic carbocycles. The molecule has 0 fully saturated rings. The van der Waals surface area contributed by atoms with E-state index in [0.29, 0.717) is 5.76 Å². The lowest BCUT2D eigenvalue weighted by Crippen LogP contribution is -2.45. The van der Waals surface area contributed by atoms with E-state index < -0.39 is 0 Å². The maximum Gasteiger partial charge on any atom is 0.287 e. The number of amides is 1. The van der Waals surface area contributed by atoms with Gasteiger partial charge < -0.3 is 9.73 Å². The Kier molecular flexibility index (Phi) is 4.59. The molecule has 0 saturated heterocycles. The number of carbonyl (C=O) groups is 1. The Labute approximate surface area is 105 Å². The lowest BCUT2D eigenvalue weighted by atomic mass is 9.95. The number of hydrogen-bond acceptors (Lipinski definition) is 2. The molecule has 0 aromatic carbocycles. The Bertz CT molecular complexity index is 362. The SMILES string of the molecule is CCC(C)(CCBr)NC(=O)c1occc1C. The highest BCUT2D eigenvalue weighted by atomic mass is 79.9. The minimum atomic E-state index is -0.181. The number of furan rings is 1. The second-order valence-corrected chi connectivity index (χ2v) is 5.03. The van der Waals surface area contributed by atoms with Crippen LogP contribution < -0.4 is 5.32 Å². The van der Waals surface area contributed by atoms with Gasteiger partial charge in [-0.3, -0.25) is 4.79 Å². The molecule has 0 aliphatic heterocycles. The van der Waals surface area contributed by atoms with Crippen molar-refractivity contribution in [1.82, 2.24) is 5.32 Å². The summed E-state index contributed by atoms with van der Waals surface area (Å²) in [5.41, 5.74) is 0.689. The number of rotatable bonds is 5. The fraction of sp³-hybridized carbons (Fsp3) is 0.583. The number of nitrogens with one attached hydrogen (secondary N) is 1. The Morgan fingerprint density at radius 3 is 2.75 bits per heavy atom. The van der Waals surface area contributed by atoms with Crippen LogP contribution in [0.2, 0.25) is 0 Å². The molecular formula is C12H18BrNO2. The first-order chi connectivity index (χ1) is 7.52. The first-order valence-electron chi connectivity index (χ1n) is 5.45. The summed E-state index contributed by atoms with van der Waals surface area (Å²) < 4.78 is 5.17. The summed E-state index contributed by atoms with van der Waals surface area (Å²) in [6.45, 7) is 5.98. The summed E-state index contributed by atoms with van der Waals surface area (Å²) >= 11 is 3.40. The molecule has 1 unspecified atom stereocenters. The van der Waals surface area contributed by atoms with Gasteiger partial charge in [-0.1, -0.05) is 22.9 Å². The molecule has 0 aliphatic rings. The molecule has 1 N–H and O–H groups in total. The quantitative estimate of drug-likeness (QED) is 0.845. The third-order valence-corrected chi connectivity index (χ3v) is 3.31. The third kappa shape index (κ3) is 3.11. The highest BCUT2D eigenvalue weighted by Crippen LogP contribution is 2.18. The van der Waals surface area contributed by atoms with E-state index in [-0.39, 0.29) is 11.4 Å². The van der Waals surface area contributed by atoms with Gasteiger partial charge in [0.1, 0.15) is 0 Å². The minimum absolute atomic E-state index is 0.132. The molecule has 3 nitrogen and oxygen atoms in total. The standard InChI is InChI=1S/C12H18BrNO2/c1-4-12(3,6-7-13)14-11(15)10-9(2)5-8-16-10/h5,8H,4,6-7H2,1-3H3,(H,14,15). The highest BCUT2D eigenvalue weighted by Gasteiger charge is 2.25. The van der Waals surface area contributed by atoms with Gasteiger partial charge in [0.2, 0.25) is 0 Å². The summed E-state index contributed by atoms with van der Waals surface area (Å²) in [7, 11) is 0. The van der Waals surface area contributed by atoms with E-state index in [4.69, 9.17) is 4.42 Å². The van der Waals surface area contributed by atoms with E-state index in [2.05, 4.69) is 28.2 Å². The van der Waals surface area contributed by atoms with E-state index in [1.807, 2.05) is 13.8 Å². The molecular weight excluding hydrogens is 270 g/mol. The second-order valence-electron chi connectivity index (χ2n) is 4.24. The molecule has 1 aromatic heterocycles. The molecule has 1 heterocycles. The van der Waals surface area contributed by atoms with Gasteiger partial charge in [0.05, 0.1) is 6.26 Å². The molecule has 1 amide bonds. The molecule has 90 valence electrons. The minimum Gasteiger partial charge on any atom is -0.459 e. The van der Waals surface area contributed by atoms with E-state index in [1.54, 1.807) is 6.07 Å². The maximum absolute atomic E-state index is 12.0. The summed E-state index contributed by atoms with van der Waals surface area (Å²) in [6.07, 6.45) is 3.33. The predicted octanol–water partition coefficient (Wildman–Crippen LogP) is 3.27. The topological polar surface area (TPSA) is 42.2 Å². The van der Waals surface area contributed by atoms with Crippen molar-refractivity contribution in [2.24, 2.45) is 0 Å². The third-order valence-electron chi connectivity index (χ3n) is 2.91. The number of halogens is 1. The van der Waals surface area contributed by atoms with Crippen molar-refractivity contribution in [3.05, 3.63) is 23.7 Å². The Hall–Kier alpha value is -0.770. The largest absolute Gasteiger partial charge is 0.459 e. The zero-order valence-electron chi connectivity index (χ0n) is 9.97. The van der Waals surface area contributed by atoms with E-state index in [0.717, 1.165) is 23.7 Å². The van der Waals surface area contributed by atoms with Crippen LogP contribution >= 0.6 is 15.9 Å². The maximum atomic E-state index is 12.0. The molecule has 1 atom stereocenters. The highest BCUT2D eigenvalue weighted by molar-refractivity contribution is 9.09. The Morgan fingerprint density at radius 1 is 1.62 bits per heavy atom. The average Bonchev–Trinajstić information content (AvgIpc) is 2.65. The van der Waals surface area contributed by atoms with Crippen molar-refractivity contribution < 1.29 is 9.21 Å². The van der Waals surface area contributed by atoms with Gasteiger partial charge in [0, 0.05) is 16.4 Å². The fourth-order valence-electron chi connectivity index (χ4n) is 1.47. The van der Waals surface area contributed by atoms with Crippen molar-refractivity contribution in [2.75, 3.05) is 5.33 Å². The zero-order chi connectivity index (χ0) is 12.2. The van der Waals surface area contributed by atoms with Crippen molar-refractivity contribution >= 4 is 21.8 Å². The smallest absolute Gasteiger partial charge is 0.287 e. The van der Waals surface area contributed by atoms with E-state index in [9.17, 15) is 4.79 Å². The van der Waals surface area contributed by atoms with E-state index >= 15 is 0 Å².